The summed E-state index contributed by atoms with van der Waals surface area (Å²) < 4.78 is 39.4. The number of sulfone groups is 1. The van der Waals surface area contributed by atoms with Crippen molar-refractivity contribution in [1.82, 2.24) is 24.9 Å². The minimum atomic E-state index is -3.03. The largest absolute Gasteiger partial charge is 0.324 e. The van der Waals surface area contributed by atoms with Crippen LogP contribution in [0.25, 0.3) is 28.0 Å². The van der Waals surface area contributed by atoms with Gasteiger partial charge in [0.05, 0.1) is 34.6 Å². The lowest BCUT2D eigenvalue weighted by Crippen LogP contribution is -2.21. The summed E-state index contributed by atoms with van der Waals surface area (Å²) in [5, 5.41) is 15.8. The zero-order valence-electron chi connectivity index (χ0n) is 24.8. The van der Waals surface area contributed by atoms with Crippen LogP contribution >= 0.6 is 11.3 Å². The standard InChI is InChI=1S/C33H30FN7O3S2/c1-46(43,44)17-14-35-21-22-6-4-7-24(18-22)37-33-36-13-12-27(39-33)31-29-9-2-3-15-41(29)40-32(31)23-10-11-26(34)28(19-23)38-30(42)20-25-8-5-16-45-25/h2-13,15-16,18-19,35H,14,17,20-21H2,1H3,(H,38,42)(H,36,37,39). The summed E-state index contributed by atoms with van der Waals surface area (Å²) in [6.07, 6.45) is 4.85. The lowest BCUT2D eigenvalue weighted by molar-refractivity contribution is -0.115. The van der Waals surface area contributed by atoms with Crippen LogP contribution in [0.1, 0.15) is 10.4 Å². The van der Waals surface area contributed by atoms with Gasteiger partial charge in [-0.1, -0.05) is 24.3 Å². The highest BCUT2D eigenvalue weighted by molar-refractivity contribution is 7.90. The molecule has 0 aliphatic carbocycles. The number of halogens is 1. The molecule has 0 bridgehead atoms. The van der Waals surface area contributed by atoms with Gasteiger partial charge in [0.2, 0.25) is 11.9 Å². The number of carbonyl (C=O) groups is 1. The lowest BCUT2D eigenvalue weighted by atomic mass is 10.0. The lowest BCUT2D eigenvalue weighted by Gasteiger charge is -2.10. The number of nitrogens with one attached hydrogen (secondary N) is 3. The Morgan fingerprint density at radius 3 is 2.74 bits per heavy atom. The zero-order chi connectivity index (χ0) is 32.1. The molecule has 0 aliphatic rings. The van der Waals surface area contributed by atoms with Gasteiger partial charge in [-0.25, -0.2) is 27.3 Å². The Kier molecular flexibility index (Phi) is 9.15. The quantitative estimate of drug-likeness (QED) is 0.143. The molecule has 0 unspecified atom stereocenters. The molecule has 1 amide bonds. The topological polar surface area (TPSA) is 130 Å². The molecule has 0 aliphatic heterocycles. The number of benzene rings is 2. The number of thiophene rings is 1. The smallest absolute Gasteiger partial charge is 0.229 e. The Hall–Kier alpha value is -4.98. The maximum Gasteiger partial charge on any atom is 0.229 e. The van der Waals surface area contributed by atoms with E-state index in [0.717, 1.165) is 27.2 Å². The first-order valence-corrected chi connectivity index (χ1v) is 17.3. The van der Waals surface area contributed by atoms with Gasteiger partial charge < -0.3 is 16.0 Å². The molecule has 234 valence electrons. The summed E-state index contributed by atoms with van der Waals surface area (Å²) in [4.78, 5) is 22.8. The molecule has 0 fully saturated rings. The number of fused-ring (bicyclic) bond motifs is 1. The molecule has 0 radical (unpaired) electrons. The van der Waals surface area contributed by atoms with E-state index in [1.54, 1.807) is 28.9 Å². The molecule has 4 heterocycles. The van der Waals surface area contributed by atoms with Crippen LogP contribution < -0.4 is 16.0 Å². The molecule has 13 heteroatoms. The van der Waals surface area contributed by atoms with Crippen molar-refractivity contribution in [2.75, 3.05) is 29.2 Å². The highest BCUT2D eigenvalue weighted by atomic mass is 32.2. The van der Waals surface area contributed by atoms with Gasteiger partial charge in [0.1, 0.15) is 21.3 Å². The third-order valence-electron chi connectivity index (χ3n) is 7.04. The number of amides is 1. The van der Waals surface area contributed by atoms with Crippen LogP contribution in [0, 0.1) is 5.82 Å². The minimum Gasteiger partial charge on any atom is -0.324 e. The van der Waals surface area contributed by atoms with Crippen LogP contribution in [0.15, 0.2) is 96.6 Å². The van der Waals surface area contributed by atoms with Crippen LogP contribution in [-0.2, 0) is 27.6 Å². The molecule has 46 heavy (non-hydrogen) atoms. The van der Waals surface area contributed by atoms with Crippen LogP contribution in [0.2, 0.25) is 0 Å². The number of carbonyl (C=O) groups excluding carboxylic acids is 1. The first-order chi connectivity index (χ1) is 22.2. The molecule has 6 aromatic rings. The second-order valence-corrected chi connectivity index (χ2v) is 13.9. The molecule has 0 saturated carbocycles. The fraction of sp³-hybridized carbons (Fsp3) is 0.152. The number of pyridine rings is 1. The van der Waals surface area contributed by atoms with Crippen molar-refractivity contribution >= 4 is 49.9 Å². The van der Waals surface area contributed by atoms with E-state index in [4.69, 9.17) is 10.1 Å². The Morgan fingerprint density at radius 1 is 1.02 bits per heavy atom. The van der Waals surface area contributed by atoms with Gasteiger partial charge in [0.25, 0.3) is 0 Å². The van der Waals surface area contributed by atoms with Crippen LogP contribution in [0.4, 0.5) is 21.7 Å². The van der Waals surface area contributed by atoms with Crippen molar-refractivity contribution in [3.05, 3.63) is 113 Å². The third kappa shape index (κ3) is 7.62. The first-order valence-electron chi connectivity index (χ1n) is 14.4. The number of aromatic nitrogens is 4. The molecule has 0 spiro atoms. The van der Waals surface area contributed by atoms with Gasteiger partial charge in [0.15, 0.2) is 0 Å². The Morgan fingerprint density at radius 2 is 1.91 bits per heavy atom. The third-order valence-corrected chi connectivity index (χ3v) is 8.86. The van der Waals surface area contributed by atoms with Crippen molar-refractivity contribution in [3.8, 4) is 22.5 Å². The van der Waals surface area contributed by atoms with Crippen LogP contribution in [-0.4, -0.2) is 52.5 Å². The van der Waals surface area contributed by atoms with Crippen molar-refractivity contribution in [2.45, 2.75) is 13.0 Å². The van der Waals surface area contributed by atoms with Gasteiger partial charge in [-0.15, -0.1) is 11.3 Å². The van der Waals surface area contributed by atoms with E-state index in [0.29, 0.717) is 36.0 Å². The molecular weight excluding hydrogens is 626 g/mol. The predicted octanol–water partition coefficient (Wildman–Crippen LogP) is 5.72. The molecule has 2 aromatic carbocycles. The highest BCUT2D eigenvalue weighted by Gasteiger charge is 2.20. The van der Waals surface area contributed by atoms with Gasteiger partial charge >= 0.3 is 0 Å². The maximum absolute atomic E-state index is 14.9. The molecule has 0 saturated heterocycles. The number of nitrogens with zero attached hydrogens (tertiary/aromatic N) is 4. The summed E-state index contributed by atoms with van der Waals surface area (Å²) in [6.45, 7) is 0.868. The fourth-order valence-corrected chi connectivity index (χ4v) is 6.14. The minimum absolute atomic E-state index is 0.0674. The Labute approximate surface area is 269 Å². The van der Waals surface area contributed by atoms with E-state index in [1.165, 1.54) is 23.7 Å². The first kappa shape index (κ1) is 31.0. The van der Waals surface area contributed by atoms with E-state index in [9.17, 15) is 17.6 Å². The van der Waals surface area contributed by atoms with E-state index < -0.39 is 15.7 Å². The molecule has 10 nitrogen and oxygen atoms in total. The average molecular weight is 656 g/mol. The van der Waals surface area contributed by atoms with Gasteiger partial charge in [-0.2, -0.15) is 5.10 Å². The Balaban J connectivity index is 1.27. The summed E-state index contributed by atoms with van der Waals surface area (Å²) in [7, 11) is -3.03. The van der Waals surface area contributed by atoms with Crippen molar-refractivity contribution in [2.24, 2.45) is 0 Å². The normalized spacial score (nSPS) is 11.5. The number of hydrogen-bond acceptors (Lipinski definition) is 9. The molecule has 6 rings (SSSR count). The zero-order valence-corrected chi connectivity index (χ0v) is 26.4. The number of rotatable bonds is 12. The monoisotopic (exact) mass is 655 g/mol. The Bertz CT molecular complexity index is 2120. The molecule has 3 N–H and O–H groups in total. The number of anilines is 3. The van der Waals surface area contributed by atoms with Gasteiger partial charge in [-0.3, -0.25) is 4.79 Å². The van der Waals surface area contributed by atoms with Crippen molar-refractivity contribution in [3.63, 3.8) is 0 Å². The average Bonchev–Trinajstić information content (AvgIpc) is 3.68. The molecule has 0 atom stereocenters. The summed E-state index contributed by atoms with van der Waals surface area (Å²) in [5.74, 6) is -0.425. The van der Waals surface area contributed by atoms with Crippen molar-refractivity contribution < 1.29 is 17.6 Å². The fourth-order valence-electron chi connectivity index (χ4n) is 4.92. The molecule has 4 aromatic heterocycles. The van der Waals surface area contributed by atoms with E-state index in [1.807, 2.05) is 66.2 Å². The van der Waals surface area contributed by atoms with Gasteiger partial charge in [-0.05, 0) is 65.5 Å². The summed E-state index contributed by atoms with van der Waals surface area (Å²) >= 11 is 1.47. The SMILES string of the molecule is CS(=O)(=O)CCNCc1cccc(Nc2nccc(-c3c(-c4ccc(F)c(NC(=O)Cc5cccs5)c4)nn4ccccc34)n2)c1. The summed E-state index contributed by atoms with van der Waals surface area (Å²) in [6, 6.07) is 23.4. The summed E-state index contributed by atoms with van der Waals surface area (Å²) in [5.41, 5.74) is 5.07. The van der Waals surface area contributed by atoms with Crippen LogP contribution in [0.5, 0.6) is 0 Å². The van der Waals surface area contributed by atoms with E-state index >= 15 is 0 Å². The predicted molar refractivity (Wildman–Crippen MR) is 179 cm³/mol. The van der Waals surface area contributed by atoms with E-state index in [2.05, 4.69) is 20.9 Å². The van der Waals surface area contributed by atoms with Crippen LogP contribution in [0.3, 0.4) is 0 Å². The number of hydrogen-bond donors (Lipinski definition) is 3. The molecular formula is C33H30FN7O3S2. The van der Waals surface area contributed by atoms with Crippen molar-refractivity contribution in [1.29, 1.82) is 0 Å². The maximum atomic E-state index is 14.9. The highest BCUT2D eigenvalue weighted by Crippen LogP contribution is 2.36. The van der Waals surface area contributed by atoms with Gasteiger partial charge in [0, 0.05) is 47.9 Å². The van der Waals surface area contributed by atoms with E-state index in [-0.39, 0.29) is 23.8 Å². The second-order valence-electron chi connectivity index (χ2n) is 10.7. The second kappa shape index (κ2) is 13.6.